The van der Waals surface area contributed by atoms with E-state index in [1.807, 2.05) is 0 Å². The highest BCUT2D eigenvalue weighted by Gasteiger charge is 2.83. The number of halogens is 9. The first kappa shape index (κ1) is 55.3. The number of sulfonamides is 2. The van der Waals surface area contributed by atoms with E-state index < -0.39 is 76.5 Å². The molecule has 4 aromatic carbocycles. The fourth-order valence-corrected chi connectivity index (χ4v) is 12.2. The van der Waals surface area contributed by atoms with Crippen LogP contribution in [0.15, 0.2) is 146 Å². The zero-order chi connectivity index (χ0) is 58.2. The number of fused-ring (bicyclic) bond motifs is 3. The van der Waals surface area contributed by atoms with Crippen molar-refractivity contribution < 1.29 is 87.6 Å². The number of para-hydroxylation sites is 4. The second-order valence-electron chi connectivity index (χ2n) is 17.3. The van der Waals surface area contributed by atoms with Crippen LogP contribution >= 0.6 is 0 Å². The summed E-state index contributed by atoms with van der Waals surface area (Å²) in [5.41, 5.74) is -6.17. The molecule has 2 aliphatic heterocycles. The number of rotatable bonds is 14. The highest BCUT2D eigenvalue weighted by atomic mass is 32.3. The molecule has 18 nitrogen and oxygen atoms in total. The Morgan fingerprint density at radius 1 is 0.556 bits per heavy atom. The number of nitrogens with one attached hydrogen (secondary N) is 1. The molecule has 2 aliphatic rings. The molecule has 0 saturated heterocycles. The van der Waals surface area contributed by atoms with E-state index in [1.165, 1.54) is 45.6 Å². The third kappa shape index (κ3) is 8.99. The number of alkyl halides is 9. The van der Waals surface area contributed by atoms with Gasteiger partial charge in [-0.25, -0.2) is 16.8 Å². The van der Waals surface area contributed by atoms with Crippen LogP contribution in [0.5, 0.6) is 28.7 Å². The number of aryl methyl sites for hydroxylation is 1. The molecule has 0 atom stereocenters. The van der Waals surface area contributed by atoms with E-state index >= 15 is 17.6 Å². The lowest BCUT2D eigenvalue weighted by molar-refractivity contribution is -0.245. The number of nitrogens with zero attached hydrogens (tertiary/aromatic N) is 6. The van der Waals surface area contributed by atoms with E-state index in [0.29, 0.717) is 23.3 Å². The molecule has 81 heavy (non-hydrogen) atoms. The van der Waals surface area contributed by atoms with Gasteiger partial charge in [0.05, 0.1) is 33.5 Å². The van der Waals surface area contributed by atoms with Gasteiger partial charge < -0.3 is 31.8 Å². The van der Waals surface area contributed by atoms with E-state index in [-0.39, 0.29) is 84.0 Å². The van der Waals surface area contributed by atoms with Crippen molar-refractivity contribution in [2.45, 2.75) is 28.9 Å². The van der Waals surface area contributed by atoms with Crippen molar-refractivity contribution in [1.29, 1.82) is 10.5 Å². The zero-order valence-corrected chi connectivity index (χ0v) is 42.8. The van der Waals surface area contributed by atoms with E-state index in [0.717, 1.165) is 12.1 Å². The van der Waals surface area contributed by atoms with E-state index in [4.69, 9.17) is 18.6 Å². The predicted octanol–water partition coefficient (Wildman–Crippen LogP) is 7.23. The van der Waals surface area contributed by atoms with Crippen LogP contribution in [0.2, 0.25) is 0 Å². The molecule has 10 rings (SSSR count). The maximum atomic E-state index is 15.5. The molecule has 0 radical (unpaired) electrons. The van der Waals surface area contributed by atoms with Gasteiger partial charge in [-0.3, -0.25) is 9.97 Å². The van der Waals surface area contributed by atoms with Gasteiger partial charge in [0.15, 0.2) is 0 Å². The normalized spacial score (nSPS) is 14.6. The average molecular weight is 1180 g/mol. The molecule has 6 heterocycles. The Labute approximate surface area is 451 Å². The van der Waals surface area contributed by atoms with Crippen molar-refractivity contribution in [2.24, 2.45) is 0 Å². The van der Waals surface area contributed by atoms with Crippen molar-refractivity contribution in [2.75, 3.05) is 0 Å². The second kappa shape index (κ2) is 19.7. The number of pyridine rings is 2. The summed E-state index contributed by atoms with van der Waals surface area (Å²) in [6, 6.07) is 36.3. The molecule has 1 N–H and O–H groups in total. The summed E-state index contributed by atoms with van der Waals surface area (Å²) < 4.78 is 235. The van der Waals surface area contributed by atoms with Gasteiger partial charge in [0.2, 0.25) is 0 Å². The molecule has 0 saturated carbocycles. The van der Waals surface area contributed by atoms with Crippen molar-refractivity contribution in [3.05, 3.63) is 174 Å². The molecule has 32 heteroatoms. The van der Waals surface area contributed by atoms with Crippen LogP contribution in [-0.2, 0) is 30.2 Å². The lowest BCUT2D eigenvalue weighted by atomic mass is 9.98. The Balaban J connectivity index is 1.28. The fourth-order valence-electron chi connectivity index (χ4n) is 8.76. The Morgan fingerprint density at radius 3 is 1.40 bits per heavy atom. The van der Waals surface area contributed by atoms with E-state index in [9.17, 15) is 57.7 Å². The Bertz CT molecular complexity index is 4340. The first-order valence-electron chi connectivity index (χ1n) is 22.8. The molecule has 0 spiro atoms. The standard InChI is InChI=1S/C49H28B2F9N7O11S3/c1-28-12-2-3-13-31(28)43-41-40(44(32(26-61)34-14-8-10-24-63-34)67(43)51-76-38-18-6-7-19-39(38)77-51)42(66(50-74-36-16-4-5-17-37(36)75-50)45(41)33(27-62)35-15-9-11-25-64-35)29-20-22-30(23-21-29)78-81(72,73)48(56,57)46(52,53)47(54,55)79(68,69)65-80(70,71)49(58,59)60/h2-25,65H,1H3/b44-32-,45-33-. The summed E-state index contributed by atoms with van der Waals surface area (Å²) in [5, 5.41) is 7.79. The largest absolute Gasteiger partial charge is 0.743 e. The highest BCUT2D eigenvalue weighted by Crippen LogP contribution is 2.52. The fraction of sp³-hybridized carbons (Fsp3) is 0.102. The molecule has 4 aromatic heterocycles. The zero-order valence-electron chi connectivity index (χ0n) is 40.3. The van der Waals surface area contributed by atoms with Gasteiger partial charge in [-0.1, -0.05) is 64.8 Å². The van der Waals surface area contributed by atoms with Gasteiger partial charge in [-0.2, -0.15) is 58.5 Å². The van der Waals surface area contributed by atoms with E-state index in [1.54, 1.807) is 91.9 Å². The summed E-state index contributed by atoms with van der Waals surface area (Å²) in [6.45, 7) is 1.75. The minimum atomic E-state index is -8.09. The Hall–Kier alpha value is -8.97. The van der Waals surface area contributed by atoms with Crippen LogP contribution in [0.25, 0.3) is 44.4 Å². The van der Waals surface area contributed by atoms with E-state index in [2.05, 4.69) is 26.3 Å². The summed E-state index contributed by atoms with van der Waals surface area (Å²) in [5.74, 6) is -8.36. The number of benzene rings is 4. The number of aromatic nitrogens is 4. The van der Waals surface area contributed by atoms with Crippen molar-refractivity contribution in [1.82, 2.24) is 23.1 Å². The molecule has 0 bridgehead atoms. The van der Waals surface area contributed by atoms with Gasteiger partial charge in [0.1, 0.15) is 52.0 Å². The summed E-state index contributed by atoms with van der Waals surface area (Å²) in [7, 11) is -26.4. The summed E-state index contributed by atoms with van der Waals surface area (Å²) in [6.07, 6.45) is 2.77. The Kier molecular flexibility index (Phi) is 13.5. The monoisotopic (exact) mass is 1180 g/mol. The van der Waals surface area contributed by atoms with Crippen LogP contribution in [0.3, 0.4) is 0 Å². The molecule has 0 amide bonds. The lowest BCUT2D eigenvalue weighted by Crippen LogP contribution is -2.64. The van der Waals surface area contributed by atoms with Gasteiger partial charge in [-0.05, 0) is 90.8 Å². The molecule has 0 unspecified atom stereocenters. The predicted molar refractivity (Wildman–Crippen MR) is 269 cm³/mol. The van der Waals surface area contributed by atoms with Gasteiger partial charge >= 0.3 is 56.6 Å². The first-order chi connectivity index (χ1) is 38.2. The number of hydrogen-bond acceptors (Lipinski definition) is 15. The smallest absolute Gasteiger partial charge is 0.503 e. The minimum absolute atomic E-state index is 0.00231. The van der Waals surface area contributed by atoms with Crippen LogP contribution in [0.4, 0.5) is 39.5 Å². The number of hydrogen-bond donors (Lipinski definition) is 1. The molecule has 8 aromatic rings. The van der Waals surface area contributed by atoms with Gasteiger partial charge in [0, 0.05) is 28.7 Å². The van der Waals surface area contributed by atoms with Gasteiger partial charge in [0.25, 0.3) is 10.0 Å². The lowest BCUT2D eigenvalue weighted by Gasteiger charge is -2.31. The SMILES string of the molecule is Cc1ccccc1-c1c2/c(=C(\C#N)c3ccccn3)n(B3Oc4ccccc4O3)c(-c3ccc(OS(=O)(=O)C(F)(F)C(F)(F)C(F)(F)S(=O)(=O)NS(=O)(=O)C(F)(F)F)cc3)c2/c(=C(\C#N)c2ccccn2)n1B1Oc2ccccc2O1. The quantitative estimate of drug-likeness (QED) is 0.0641. The molecule has 0 aliphatic carbocycles. The first-order valence-corrected chi connectivity index (χ1v) is 27.2. The molecule has 412 valence electrons. The third-order valence-electron chi connectivity index (χ3n) is 12.4. The summed E-state index contributed by atoms with van der Waals surface area (Å²) in [4.78, 5) is 8.98. The maximum absolute atomic E-state index is 15.5. The maximum Gasteiger partial charge on any atom is 0.743 e. The van der Waals surface area contributed by atoms with Crippen LogP contribution in [0, 0.1) is 29.6 Å². The molecular formula is C49H28B2F9N7O11S3. The van der Waals surface area contributed by atoms with Gasteiger partial charge in [-0.15, -0.1) is 0 Å². The van der Waals surface area contributed by atoms with Crippen LogP contribution in [-0.4, -0.2) is 80.6 Å². The van der Waals surface area contributed by atoms with Crippen LogP contribution in [0.1, 0.15) is 17.0 Å². The number of nitriles is 2. The van der Waals surface area contributed by atoms with Crippen molar-refractivity contribution >= 4 is 66.6 Å². The molecular weight excluding hydrogens is 1150 g/mol. The molecule has 0 fully saturated rings. The Morgan fingerprint density at radius 2 is 0.975 bits per heavy atom. The third-order valence-corrected chi connectivity index (χ3v) is 17.0. The minimum Gasteiger partial charge on any atom is -0.503 e. The second-order valence-corrected chi connectivity index (χ2v) is 22.5. The topological polar surface area (TPSA) is 244 Å². The van der Waals surface area contributed by atoms with Crippen LogP contribution < -0.4 is 37.6 Å². The van der Waals surface area contributed by atoms with Crippen molar-refractivity contribution in [3.8, 4) is 63.4 Å². The average Bonchev–Trinajstić information content (AvgIpc) is 4.23. The summed E-state index contributed by atoms with van der Waals surface area (Å²) >= 11 is 0. The highest BCUT2D eigenvalue weighted by molar-refractivity contribution is 8.05. The van der Waals surface area contributed by atoms with Crippen molar-refractivity contribution in [3.63, 3.8) is 0 Å².